The van der Waals surface area contributed by atoms with E-state index in [9.17, 15) is 102 Å². The van der Waals surface area contributed by atoms with Gasteiger partial charge in [0.05, 0.1) is 46.2 Å². The Morgan fingerprint density at radius 1 is 0.241 bits per heavy atom. The zero-order valence-corrected chi connectivity index (χ0v) is 44.3. The number of nitrogens with two attached hydrogens (primary N) is 1. The van der Waals surface area contributed by atoms with Crippen molar-refractivity contribution in [2.75, 3.05) is 59.4 Å². The van der Waals surface area contributed by atoms with Crippen LogP contribution in [0, 0.1) is 0 Å². The van der Waals surface area contributed by atoms with Crippen LogP contribution in [-0.2, 0) is 71.1 Å². The number of rotatable bonds is 13. The van der Waals surface area contributed by atoms with Crippen LogP contribution < -0.4 is 5.73 Å². The molecule has 0 aromatic heterocycles. The third-order valence-corrected chi connectivity index (χ3v) is 15.9. The Morgan fingerprint density at radius 2 is 0.446 bits per heavy atom. The molecule has 36 nitrogen and oxygen atoms in total. The Balaban J connectivity index is 1.10. The van der Waals surface area contributed by atoms with Crippen molar-refractivity contribution in [1.82, 2.24) is 0 Å². The molecule has 0 radical (unpaired) electrons. The van der Waals surface area contributed by atoms with Gasteiger partial charge in [0.2, 0.25) is 0 Å². The standard InChI is InChI=1S/C47H81NO35/c48-4-2-1-3-5-69-40-32(68)39-19(12-55)76-47(40)83-38-18(11-54)75-45(31(67)25(38)61)81-36-16(9-52)73-43(29(65)23(36)59)79-34-14(7-50)71-41(27(63)21(34)57)77-33-13(6-49)70-42(26(62)20(33)56)78-35-15(8-51)72-44(28(64)22(35)58)80-37-17(10-53)74-46(82-39)30(66)24(37)60/h13-47,49-68H,1-12,48H2/t13-,14-,15-,16-,17-,18-,19-,20-,21+,22-,23+,24-,25+,26-,27+,28-,29+,30-,31+,32+,33-,34-,35-,36-,37-,38-,39-,40-,41-,42-,43-,44-,45-,46-,47-/m1/s1. The van der Waals surface area contributed by atoms with Crippen LogP contribution in [0.5, 0.6) is 0 Å². The van der Waals surface area contributed by atoms with Crippen molar-refractivity contribution >= 4 is 0 Å². The van der Waals surface area contributed by atoms with Crippen molar-refractivity contribution in [2.24, 2.45) is 5.73 Å². The Morgan fingerprint density at radius 3 is 0.663 bits per heavy atom. The lowest BCUT2D eigenvalue weighted by Crippen LogP contribution is -2.68. The minimum atomic E-state index is -2.21. The van der Waals surface area contributed by atoms with E-state index in [1.165, 1.54) is 0 Å². The molecule has 0 aromatic carbocycles. The Hall–Kier alpha value is -1.44. The number of hydrogen-bond acceptors (Lipinski definition) is 36. The fourth-order valence-corrected chi connectivity index (χ4v) is 11.2. The fourth-order valence-electron chi connectivity index (χ4n) is 11.2. The average Bonchev–Trinajstić information content (AvgIpc) is 3.29. The molecule has 15 fully saturated rings. The highest BCUT2D eigenvalue weighted by Gasteiger charge is 2.60. The van der Waals surface area contributed by atoms with Crippen LogP contribution in [0.15, 0.2) is 0 Å². The van der Waals surface area contributed by atoms with E-state index in [4.69, 9.17) is 76.8 Å². The van der Waals surface area contributed by atoms with Crippen molar-refractivity contribution < 1.29 is 173 Å². The van der Waals surface area contributed by atoms with E-state index in [1.807, 2.05) is 0 Å². The van der Waals surface area contributed by atoms with Gasteiger partial charge in [0.25, 0.3) is 0 Å². The molecule has 0 saturated carbocycles. The van der Waals surface area contributed by atoms with Crippen LogP contribution in [0.1, 0.15) is 19.3 Å². The van der Waals surface area contributed by atoms with Gasteiger partial charge >= 0.3 is 0 Å². The Bertz CT molecular complexity index is 1940. The zero-order chi connectivity index (χ0) is 60.3. The van der Waals surface area contributed by atoms with Crippen molar-refractivity contribution in [1.29, 1.82) is 0 Å². The smallest absolute Gasteiger partial charge is 0.187 e. The first-order valence-corrected chi connectivity index (χ1v) is 27.3. The molecule has 0 unspecified atom stereocenters. The van der Waals surface area contributed by atoms with Crippen molar-refractivity contribution in [2.45, 2.75) is 234 Å². The summed E-state index contributed by atoms with van der Waals surface area (Å²) in [6, 6.07) is 0. The third kappa shape index (κ3) is 14.1. The van der Waals surface area contributed by atoms with Crippen LogP contribution in [0.3, 0.4) is 0 Å². The molecular formula is C47H81NO35. The molecule has 0 spiro atoms. The number of aliphatic hydroxyl groups is 20. The molecule has 35 atom stereocenters. The number of aliphatic hydroxyl groups excluding tert-OH is 20. The van der Waals surface area contributed by atoms with E-state index in [1.54, 1.807) is 0 Å². The number of ether oxygens (including phenoxy) is 15. The molecule has 14 bridgehead atoms. The van der Waals surface area contributed by atoms with Gasteiger partial charge in [0.1, 0.15) is 171 Å². The number of unbranched alkanes of at least 4 members (excludes halogenated alkanes) is 2. The van der Waals surface area contributed by atoms with Gasteiger partial charge in [-0.15, -0.1) is 0 Å². The predicted molar refractivity (Wildman–Crippen MR) is 255 cm³/mol. The lowest BCUT2D eigenvalue weighted by atomic mass is 9.95. The number of fused-ring (bicyclic) bond motifs is 7. The molecule has 484 valence electrons. The Labute approximate surface area is 471 Å². The first kappa shape index (κ1) is 67.5. The van der Waals surface area contributed by atoms with Crippen LogP contribution in [0.4, 0.5) is 0 Å². The van der Waals surface area contributed by atoms with E-state index in [2.05, 4.69) is 0 Å². The second-order valence-corrected chi connectivity index (χ2v) is 21.3. The number of hydrogen-bond donors (Lipinski definition) is 21. The molecule has 83 heavy (non-hydrogen) atoms. The van der Waals surface area contributed by atoms with Crippen LogP contribution >= 0.6 is 0 Å². The molecule has 0 aliphatic carbocycles. The minimum absolute atomic E-state index is 0.123. The quantitative estimate of drug-likeness (QED) is 0.0762. The highest BCUT2D eigenvalue weighted by Crippen LogP contribution is 2.39. The maximum absolute atomic E-state index is 12.0. The van der Waals surface area contributed by atoms with Crippen molar-refractivity contribution in [3.05, 3.63) is 0 Å². The SMILES string of the molecule is NCCCCCO[C@H]1[C@H]2O[C@H]3[C@@H](O)[C@H](O)[C@@H](O[C@H]4[C@@H](O)[C@H](O)[C@@H](O[C@H]5[C@@H](O)[C@H](O)[C@@H](O[C@H]6[C@H](O)[C@@H](O)[C@@H](O[C@H]7[C@H](O)[C@@H](O)[C@@H](O[C@H]8[C@H](O)[C@@H](O)[C@@H](O[C@@H]([C@@H]1O)[C@@H](CO)O2)O[C@@H]8CO)O[C@@H]7CO)O[C@@H]6CO)O[C@@H]5CO)O[C@@H]4CO)O[C@@H]3CO. The fraction of sp³-hybridized carbons (Fsp3) is 1.00. The van der Waals surface area contributed by atoms with Gasteiger partial charge in [0, 0.05) is 6.61 Å². The maximum Gasteiger partial charge on any atom is 0.187 e. The lowest BCUT2D eigenvalue weighted by Gasteiger charge is -2.50. The summed E-state index contributed by atoms with van der Waals surface area (Å²) in [4.78, 5) is 0. The van der Waals surface area contributed by atoms with Crippen LogP contribution in [0.25, 0.3) is 0 Å². The highest BCUT2D eigenvalue weighted by molar-refractivity contribution is 5.02. The second-order valence-electron chi connectivity index (χ2n) is 21.3. The van der Waals surface area contributed by atoms with Gasteiger partial charge < -0.3 is 179 Å². The van der Waals surface area contributed by atoms with Gasteiger partial charge in [-0.05, 0) is 25.8 Å². The first-order chi connectivity index (χ1) is 39.7. The third-order valence-electron chi connectivity index (χ3n) is 15.9. The summed E-state index contributed by atoms with van der Waals surface area (Å²) in [5, 5.41) is 222. The normalized spacial score (nSPS) is 52.2. The summed E-state index contributed by atoms with van der Waals surface area (Å²) in [6.45, 7) is -6.99. The molecule has 0 amide bonds. The summed E-state index contributed by atoms with van der Waals surface area (Å²) in [6.07, 6.45) is -67.3. The highest BCUT2D eigenvalue weighted by atomic mass is 16.8. The van der Waals surface area contributed by atoms with Crippen molar-refractivity contribution in [3.63, 3.8) is 0 Å². The minimum Gasteiger partial charge on any atom is -0.394 e. The second kappa shape index (κ2) is 29.9. The van der Waals surface area contributed by atoms with Gasteiger partial charge in [-0.25, -0.2) is 0 Å². The maximum atomic E-state index is 12.0. The topological polar surface area (TPSA) is 569 Å². The average molecular weight is 1220 g/mol. The Kier molecular flexibility index (Phi) is 24.3. The summed E-state index contributed by atoms with van der Waals surface area (Å²) in [5.74, 6) is 0. The van der Waals surface area contributed by atoms with Crippen LogP contribution in [0.2, 0.25) is 0 Å². The molecule has 15 aliphatic heterocycles. The summed E-state index contributed by atoms with van der Waals surface area (Å²) in [7, 11) is 0. The molecule has 15 saturated heterocycles. The molecule has 0 aromatic rings. The monoisotopic (exact) mass is 1220 g/mol. The van der Waals surface area contributed by atoms with Gasteiger partial charge in [0.15, 0.2) is 44.0 Å². The molecule has 15 aliphatic rings. The van der Waals surface area contributed by atoms with Gasteiger partial charge in [-0.3, -0.25) is 0 Å². The predicted octanol–water partition coefficient (Wildman–Crippen LogP) is -14.1. The van der Waals surface area contributed by atoms with Crippen LogP contribution in [-0.4, -0.2) is 376 Å². The zero-order valence-electron chi connectivity index (χ0n) is 44.3. The largest absolute Gasteiger partial charge is 0.394 e. The van der Waals surface area contributed by atoms with Gasteiger partial charge in [-0.2, -0.15) is 0 Å². The van der Waals surface area contributed by atoms with E-state index in [0.717, 1.165) is 0 Å². The molecule has 15 heterocycles. The summed E-state index contributed by atoms with van der Waals surface area (Å²) in [5.41, 5.74) is 5.65. The van der Waals surface area contributed by atoms with E-state index < -0.39 is 261 Å². The first-order valence-electron chi connectivity index (χ1n) is 27.3. The molecule has 22 N–H and O–H groups in total. The van der Waals surface area contributed by atoms with Crippen molar-refractivity contribution in [3.8, 4) is 0 Å². The van der Waals surface area contributed by atoms with E-state index >= 15 is 0 Å². The van der Waals surface area contributed by atoms with E-state index in [0.29, 0.717) is 25.8 Å². The summed E-state index contributed by atoms with van der Waals surface area (Å²) >= 11 is 0. The lowest BCUT2D eigenvalue weighted by molar-refractivity contribution is -0.398. The van der Waals surface area contributed by atoms with Gasteiger partial charge in [-0.1, -0.05) is 0 Å². The summed E-state index contributed by atoms with van der Waals surface area (Å²) < 4.78 is 87.3. The molecule has 15 rings (SSSR count). The molecular weight excluding hydrogens is 1140 g/mol. The van der Waals surface area contributed by atoms with E-state index in [-0.39, 0.29) is 6.61 Å². The molecule has 36 heteroatoms.